The van der Waals surface area contributed by atoms with Crippen LogP contribution in [0.1, 0.15) is 96.8 Å². The molecule has 9 unspecified atom stereocenters. The summed E-state index contributed by atoms with van der Waals surface area (Å²) in [7, 11) is 3.32. The second-order valence-electron chi connectivity index (χ2n) is 15.9. The zero-order chi connectivity index (χ0) is 33.5. The Hall–Kier alpha value is -0.440. The van der Waals surface area contributed by atoms with Crippen LogP contribution in [0.15, 0.2) is 0 Å². The van der Waals surface area contributed by atoms with E-state index in [1.54, 1.807) is 14.2 Å². The number of hydrogen-bond donors (Lipinski definition) is 7. The number of methoxy groups -OCH3 is 2. The van der Waals surface area contributed by atoms with Crippen LogP contribution in [0.5, 0.6) is 0 Å². The van der Waals surface area contributed by atoms with Gasteiger partial charge in [0.2, 0.25) is 0 Å². The van der Waals surface area contributed by atoms with Crippen molar-refractivity contribution in [3.8, 4) is 0 Å². The van der Waals surface area contributed by atoms with E-state index in [4.69, 9.17) is 24.7 Å². The van der Waals surface area contributed by atoms with Crippen molar-refractivity contribution in [1.29, 1.82) is 0 Å². The third kappa shape index (κ3) is 10.1. The molecule has 8 N–H and O–H groups in total. The zero-order valence-corrected chi connectivity index (χ0v) is 29.3. The number of rotatable bonds is 13. The number of ether oxygens (including phenoxy) is 4. The molecular weight excluding hydrogens is 602 g/mol. The van der Waals surface area contributed by atoms with Crippen molar-refractivity contribution in [3.05, 3.63) is 0 Å². The summed E-state index contributed by atoms with van der Waals surface area (Å²) in [5, 5.41) is 50.1. The van der Waals surface area contributed by atoms with E-state index in [9.17, 15) is 20.4 Å². The Labute approximate surface area is 283 Å². The maximum Gasteiger partial charge on any atom is 0.106 e. The summed E-state index contributed by atoms with van der Waals surface area (Å²) in [6.45, 7) is 3.75. The summed E-state index contributed by atoms with van der Waals surface area (Å²) in [6.07, 6.45) is 9.45. The Bertz CT molecular complexity index is 919. The minimum atomic E-state index is -0.742. The van der Waals surface area contributed by atoms with Crippen molar-refractivity contribution in [2.45, 2.75) is 164 Å². The van der Waals surface area contributed by atoms with E-state index in [1.165, 1.54) is 6.42 Å². The molecule has 5 rings (SSSR count). The molecule has 0 radical (unpaired) electrons. The fourth-order valence-electron chi connectivity index (χ4n) is 9.83. The van der Waals surface area contributed by atoms with E-state index >= 15 is 0 Å². The highest BCUT2D eigenvalue weighted by molar-refractivity contribution is 4.97. The van der Waals surface area contributed by atoms with Gasteiger partial charge in [0.15, 0.2) is 0 Å². The molecule has 0 spiro atoms. The first-order valence-corrected chi connectivity index (χ1v) is 18.9. The van der Waals surface area contributed by atoms with E-state index in [-0.39, 0.29) is 55.1 Å². The number of hydrogen-bond acceptors (Lipinski definition) is 11. The predicted octanol–water partition coefficient (Wildman–Crippen LogP) is 2.06. The molecule has 3 heterocycles. The van der Waals surface area contributed by atoms with Gasteiger partial charge in [0, 0.05) is 38.8 Å². The van der Waals surface area contributed by atoms with Gasteiger partial charge in [-0.1, -0.05) is 0 Å². The quantitative estimate of drug-likeness (QED) is 0.153. The molecular formula is C36H67N3O8. The van der Waals surface area contributed by atoms with Gasteiger partial charge in [-0.15, -0.1) is 0 Å². The summed E-state index contributed by atoms with van der Waals surface area (Å²) < 4.78 is 24.9. The summed E-state index contributed by atoms with van der Waals surface area (Å²) in [5.41, 5.74) is 6.23. The molecule has 5 aliphatic rings. The molecule has 11 nitrogen and oxygen atoms in total. The van der Waals surface area contributed by atoms with Gasteiger partial charge in [0.05, 0.1) is 55.5 Å². The molecule has 5 fully saturated rings. The minimum absolute atomic E-state index is 0.00702. The Morgan fingerprint density at radius 3 is 2.34 bits per heavy atom. The fraction of sp³-hybridized carbons (Fsp3) is 1.00. The lowest BCUT2D eigenvalue weighted by molar-refractivity contribution is -0.199. The van der Waals surface area contributed by atoms with E-state index in [1.807, 2.05) is 0 Å². The molecule has 274 valence electrons. The second kappa shape index (κ2) is 18.2. The van der Waals surface area contributed by atoms with Gasteiger partial charge in [-0.3, -0.25) is 0 Å². The van der Waals surface area contributed by atoms with E-state index in [2.05, 4.69) is 17.6 Å². The lowest BCUT2D eigenvalue weighted by Crippen LogP contribution is -2.56. The van der Waals surface area contributed by atoms with Crippen LogP contribution >= 0.6 is 0 Å². The predicted molar refractivity (Wildman–Crippen MR) is 180 cm³/mol. The maximum absolute atomic E-state index is 11.4. The average Bonchev–Trinajstić information content (AvgIpc) is 3.06. The highest BCUT2D eigenvalue weighted by atomic mass is 16.5. The van der Waals surface area contributed by atoms with Crippen LogP contribution in [-0.2, 0) is 18.9 Å². The van der Waals surface area contributed by atoms with Gasteiger partial charge in [0.25, 0.3) is 0 Å². The van der Waals surface area contributed by atoms with Crippen molar-refractivity contribution in [2.24, 2.45) is 35.3 Å². The zero-order valence-electron chi connectivity index (χ0n) is 29.3. The highest BCUT2D eigenvalue weighted by Crippen LogP contribution is 2.42. The topological polar surface area (TPSA) is 168 Å². The third-order valence-corrected chi connectivity index (χ3v) is 12.6. The summed E-state index contributed by atoms with van der Waals surface area (Å²) in [4.78, 5) is 0. The summed E-state index contributed by atoms with van der Waals surface area (Å²) in [6, 6.07) is 0.648. The second-order valence-corrected chi connectivity index (χ2v) is 15.9. The Balaban J connectivity index is 1.22. The first kappa shape index (κ1) is 37.8. The molecule has 3 saturated heterocycles. The van der Waals surface area contributed by atoms with Gasteiger partial charge in [-0.25, -0.2) is 0 Å². The van der Waals surface area contributed by atoms with E-state index in [0.29, 0.717) is 56.1 Å². The standard InChI is InChI=1S/C36H67N3O8/c1-21-4-7-24(14-23-10-12-38-34(37)16-23)28(39-21)20-46-33-18-25(17-32(45-3)35(33)43)36-27(11-13-40)30(42)19-26(47-36)8-5-22-6-9-29(41)31(15-22)44-2/h21-36,38-43H,4-20,37H2,1-3H3/t21-,22?,23?,24-,25?,26+,27+,28-,29?,30+,31?,32?,33?,34?,35?,36+/m1/s1. The van der Waals surface area contributed by atoms with Crippen LogP contribution in [0.3, 0.4) is 0 Å². The first-order chi connectivity index (χ1) is 22.7. The van der Waals surface area contributed by atoms with Crippen molar-refractivity contribution < 1.29 is 39.4 Å². The average molecular weight is 670 g/mol. The largest absolute Gasteiger partial charge is 0.396 e. The number of nitrogens with one attached hydrogen (secondary N) is 2. The van der Waals surface area contributed by atoms with Gasteiger partial charge >= 0.3 is 0 Å². The van der Waals surface area contributed by atoms with Gasteiger partial charge in [0.1, 0.15) is 6.10 Å². The molecule has 0 aromatic rings. The van der Waals surface area contributed by atoms with E-state index in [0.717, 1.165) is 64.3 Å². The molecule has 0 aromatic carbocycles. The van der Waals surface area contributed by atoms with Crippen molar-refractivity contribution in [1.82, 2.24) is 10.6 Å². The van der Waals surface area contributed by atoms with E-state index < -0.39 is 24.4 Å². The third-order valence-electron chi connectivity index (χ3n) is 12.6. The Morgan fingerprint density at radius 1 is 0.809 bits per heavy atom. The Morgan fingerprint density at radius 2 is 1.60 bits per heavy atom. The fourth-order valence-corrected chi connectivity index (χ4v) is 9.83. The van der Waals surface area contributed by atoms with Gasteiger partial charge in [-0.2, -0.15) is 0 Å². The maximum atomic E-state index is 11.4. The SMILES string of the molecule is COC1CC(CC[C@H]2C[C@H](O)[C@H](CCO)[C@H](C3CC(OC)C(O)C(OC[C@H]4N[C@H](C)CC[C@@H]4CC4CCNC(N)C4)C3)O2)CCC1O. The number of nitrogens with two attached hydrogens (primary N) is 1. The van der Waals surface area contributed by atoms with Crippen molar-refractivity contribution in [3.63, 3.8) is 0 Å². The highest BCUT2D eigenvalue weighted by Gasteiger charge is 2.47. The molecule has 0 aromatic heterocycles. The number of piperidine rings is 2. The van der Waals surface area contributed by atoms with Gasteiger partial charge in [-0.05, 0) is 127 Å². The number of aliphatic hydroxyl groups is 4. The smallest absolute Gasteiger partial charge is 0.106 e. The van der Waals surface area contributed by atoms with Gasteiger partial charge < -0.3 is 55.7 Å². The molecule has 3 aliphatic heterocycles. The normalized spacial score (nSPS) is 46.7. The molecule has 2 aliphatic carbocycles. The lowest BCUT2D eigenvalue weighted by atomic mass is 9.72. The summed E-state index contributed by atoms with van der Waals surface area (Å²) >= 11 is 0. The van der Waals surface area contributed by atoms with Crippen LogP contribution < -0.4 is 16.4 Å². The molecule has 11 heteroatoms. The van der Waals surface area contributed by atoms with Crippen LogP contribution in [0.25, 0.3) is 0 Å². The molecule has 2 saturated carbocycles. The summed E-state index contributed by atoms with van der Waals surface area (Å²) in [5.74, 6) is 1.43. The monoisotopic (exact) mass is 669 g/mol. The van der Waals surface area contributed by atoms with Crippen LogP contribution in [0, 0.1) is 29.6 Å². The Kier molecular flexibility index (Phi) is 14.6. The van der Waals surface area contributed by atoms with Crippen LogP contribution in [0.4, 0.5) is 0 Å². The van der Waals surface area contributed by atoms with Crippen molar-refractivity contribution >= 4 is 0 Å². The van der Waals surface area contributed by atoms with Crippen molar-refractivity contribution in [2.75, 3.05) is 34.0 Å². The van der Waals surface area contributed by atoms with Crippen LogP contribution in [-0.4, -0.2) is 121 Å². The first-order valence-electron chi connectivity index (χ1n) is 18.9. The molecule has 0 bridgehead atoms. The van der Waals surface area contributed by atoms with Crippen LogP contribution in [0.2, 0.25) is 0 Å². The number of aliphatic hydroxyl groups excluding tert-OH is 4. The minimum Gasteiger partial charge on any atom is -0.396 e. The lowest BCUT2D eigenvalue weighted by Gasteiger charge is -2.48. The molecule has 16 atom stereocenters. The molecule has 47 heavy (non-hydrogen) atoms. The molecule has 0 amide bonds.